The maximum Gasteiger partial charge on any atom is 0.149 e. The van der Waals surface area contributed by atoms with Crippen LogP contribution in [0.3, 0.4) is 0 Å². The Balaban J connectivity index is 2.85. The van der Waals surface area contributed by atoms with Gasteiger partial charge in [0.25, 0.3) is 0 Å². The summed E-state index contributed by atoms with van der Waals surface area (Å²) in [5, 5.41) is 8.02. The topological polar surface area (TPSA) is 62.8 Å². The number of pyridine rings is 1. The molecular weight excluding hydrogens is 193 g/mol. The van der Waals surface area contributed by atoms with Crippen LogP contribution in [0.4, 0.5) is 4.39 Å². The van der Waals surface area contributed by atoms with Crippen molar-refractivity contribution in [3.63, 3.8) is 0 Å². The van der Waals surface area contributed by atoms with E-state index in [9.17, 15) is 4.39 Å². The van der Waals surface area contributed by atoms with Gasteiger partial charge in [-0.15, -0.1) is 0 Å². The molecule has 3 N–H and O–H groups in total. The van der Waals surface area contributed by atoms with Gasteiger partial charge >= 0.3 is 0 Å². The van der Waals surface area contributed by atoms with E-state index in [-0.39, 0.29) is 11.4 Å². The molecule has 3 nitrogen and oxygen atoms in total. The number of hydrogen-bond acceptors (Lipinski definition) is 2. The fourth-order valence-corrected chi connectivity index (χ4v) is 1.52. The molecule has 4 heteroatoms. The molecule has 0 aliphatic heterocycles. The summed E-state index contributed by atoms with van der Waals surface area (Å²) in [4.78, 5) is 4.01. The number of aromatic nitrogens is 1. The van der Waals surface area contributed by atoms with Gasteiger partial charge in [0.05, 0.1) is 0 Å². The maximum atomic E-state index is 13.4. The first-order valence-corrected chi connectivity index (χ1v) is 4.50. The number of para-hydroxylation sites is 1. The summed E-state index contributed by atoms with van der Waals surface area (Å²) in [6, 6.07) is 6.47. The number of halogens is 1. The Bertz CT molecular complexity index is 549. The van der Waals surface area contributed by atoms with Gasteiger partial charge in [-0.3, -0.25) is 5.41 Å². The van der Waals surface area contributed by atoms with Crippen molar-refractivity contribution in [3.05, 3.63) is 41.3 Å². The molecule has 2 rings (SSSR count). The van der Waals surface area contributed by atoms with Gasteiger partial charge in [0.15, 0.2) is 0 Å². The zero-order valence-electron chi connectivity index (χ0n) is 8.21. The lowest BCUT2D eigenvalue weighted by molar-refractivity contribution is 0.636. The third kappa shape index (κ3) is 1.54. The van der Waals surface area contributed by atoms with E-state index in [0.717, 1.165) is 10.9 Å². The van der Waals surface area contributed by atoms with Crippen LogP contribution in [0.15, 0.2) is 24.3 Å². The summed E-state index contributed by atoms with van der Waals surface area (Å²) in [5.41, 5.74) is 6.76. The van der Waals surface area contributed by atoms with Crippen LogP contribution in [0, 0.1) is 18.2 Å². The van der Waals surface area contributed by atoms with E-state index in [0.29, 0.717) is 5.69 Å². The molecule has 15 heavy (non-hydrogen) atoms. The lowest BCUT2D eigenvalue weighted by Crippen LogP contribution is -2.13. The third-order valence-corrected chi connectivity index (χ3v) is 2.27. The van der Waals surface area contributed by atoms with Crippen LogP contribution in [0.25, 0.3) is 10.9 Å². The molecular formula is C11H10FN3. The van der Waals surface area contributed by atoms with Crippen LogP contribution in [0.2, 0.25) is 0 Å². The Morgan fingerprint density at radius 1 is 1.47 bits per heavy atom. The van der Waals surface area contributed by atoms with Crippen LogP contribution in [0.5, 0.6) is 0 Å². The standard InChI is InChI=1S/C11H10FN3/c1-6-5-9(11(13)14)15-10-7(6)3-2-4-8(10)12/h2-5H,1H3,(H3,13,14). The molecule has 0 saturated heterocycles. The van der Waals surface area contributed by atoms with Gasteiger partial charge in [-0.05, 0) is 24.6 Å². The number of amidine groups is 1. The molecule has 0 aliphatic rings. The highest BCUT2D eigenvalue weighted by molar-refractivity contribution is 5.96. The Hall–Kier alpha value is -1.97. The van der Waals surface area contributed by atoms with Crippen molar-refractivity contribution in [1.29, 1.82) is 5.41 Å². The van der Waals surface area contributed by atoms with Crippen molar-refractivity contribution in [3.8, 4) is 0 Å². The molecule has 1 heterocycles. The van der Waals surface area contributed by atoms with Crippen molar-refractivity contribution >= 4 is 16.7 Å². The van der Waals surface area contributed by atoms with Gasteiger partial charge in [-0.25, -0.2) is 9.37 Å². The predicted octanol–water partition coefficient (Wildman–Crippen LogP) is 1.97. The molecule has 76 valence electrons. The van der Waals surface area contributed by atoms with Crippen molar-refractivity contribution in [2.24, 2.45) is 5.73 Å². The summed E-state index contributed by atoms with van der Waals surface area (Å²) >= 11 is 0. The molecule has 1 aromatic carbocycles. The summed E-state index contributed by atoms with van der Waals surface area (Å²) in [7, 11) is 0. The summed E-state index contributed by atoms with van der Waals surface area (Å²) in [6.45, 7) is 1.84. The number of nitrogens with two attached hydrogens (primary N) is 1. The number of fused-ring (bicyclic) bond motifs is 1. The highest BCUT2D eigenvalue weighted by Gasteiger charge is 2.07. The highest BCUT2D eigenvalue weighted by Crippen LogP contribution is 2.19. The van der Waals surface area contributed by atoms with Crippen LogP contribution < -0.4 is 5.73 Å². The molecule has 0 unspecified atom stereocenters. The van der Waals surface area contributed by atoms with Crippen molar-refractivity contribution < 1.29 is 4.39 Å². The average Bonchev–Trinajstić information content (AvgIpc) is 2.19. The average molecular weight is 203 g/mol. The first-order valence-electron chi connectivity index (χ1n) is 4.50. The Morgan fingerprint density at radius 3 is 2.87 bits per heavy atom. The first kappa shape index (κ1) is 9.58. The van der Waals surface area contributed by atoms with E-state index in [1.54, 1.807) is 18.2 Å². The van der Waals surface area contributed by atoms with E-state index in [4.69, 9.17) is 11.1 Å². The monoisotopic (exact) mass is 203 g/mol. The molecule has 0 amide bonds. The Kier molecular flexibility index (Phi) is 2.11. The summed E-state index contributed by atoms with van der Waals surface area (Å²) < 4.78 is 13.4. The predicted molar refractivity (Wildman–Crippen MR) is 57.5 cm³/mol. The molecule has 0 atom stereocenters. The number of nitrogens with zero attached hydrogens (tertiary/aromatic N) is 1. The Labute approximate surface area is 86.3 Å². The lowest BCUT2D eigenvalue weighted by Gasteiger charge is -2.05. The minimum absolute atomic E-state index is 0.150. The van der Waals surface area contributed by atoms with Crippen LogP contribution in [-0.2, 0) is 0 Å². The zero-order chi connectivity index (χ0) is 11.0. The smallest absolute Gasteiger partial charge is 0.149 e. The van der Waals surface area contributed by atoms with Gasteiger partial charge in [-0.2, -0.15) is 0 Å². The van der Waals surface area contributed by atoms with E-state index in [1.807, 2.05) is 6.92 Å². The van der Waals surface area contributed by atoms with Crippen LogP contribution >= 0.6 is 0 Å². The molecule has 1 aromatic heterocycles. The van der Waals surface area contributed by atoms with Gasteiger partial charge in [-0.1, -0.05) is 12.1 Å². The third-order valence-electron chi connectivity index (χ3n) is 2.27. The minimum Gasteiger partial charge on any atom is -0.382 e. The number of aryl methyl sites for hydroxylation is 1. The second kappa shape index (κ2) is 3.31. The summed E-state index contributed by atoms with van der Waals surface area (Å²) in [5.74, 6) is -0.540. The van der Waals surface area contributed by atoms with Gasteiger partial charge < -0.3 is 5.73 Å². The number of rotatable bonds is 1. The molecule has 0 saturated carbocycles. The van der Waals surface area contributed by atoms with Crippen molar-refractivity contribution in [2.75, 3.05) is 0 Å². The fourth-order valence-electron chi connectivity index (χ4n) is 1.52. The van der Waals surface area contributed by atoms with E-state index in [1.165, 1.54) is 6.07 Å². The highest BCUT2D eigenvalue weighted by atomic mass is 19.1. The molecule has 0 fully saturated rings. The second-order valence-corrected chi connectivity index (χ2v) is 3.37. The molecule has 0 bridgehead atoms. The number of benzene rings is 1. The van der Waals surface area contributed by atoms with E-state index >= 15 is 0 Å². The number of nitrogens with one attached hydrogen (secondary N) is 1. The first-order chi connectivity index (χ1) is 7.09. The molecule has 2 aromatic rings. The van der Waals surface area contributed by atoms with Crippen LogP contribution in [0.1, 0.15) is 11.3 Å². The zero-order valence-corrected chi connectivity index (χ0v) is 8.21. The Morgan fingerprint density at radius 2 is 2.20 bits per heavy atom. The minimum atomic E-state index is -0.390. The second-order valence-electron chi connectivity index (χ2n) is 3.37. The van der Waals surface area contributed by atoms with Gasteiger partial charge in [0.1, 0.15) is 22.9 Å². The van der Waals surface area contributed by atoms with Crippen molar-refractivity contribution in [2.45, 2.75) is 6.92 Å². The number of nitrogen functional groups attached to an aromatic ring is 1. The number of hydrogen-bond donors (Lipinski definition) is 2. The van der Waals surface area contributed by atoms with E-state index < -0.39 is 5.82 Å². The van der Waals surface area contributed by atoms with Crippen LogP contribution in [-0.4, -0.2) is 10.8 Å². The van der Waals surface area contributed by atoms with Crippen molar-refractivity contribution in [1.82, 2.24) is 4.98 Å². The summed E-state index contributed by atoms with van der Waals surface area (Å²) in [6.07, 6.45) is 0. The lowest BCUT2D eigenvalue weighted by atomic mass is 10.1. The largest absolute Gasteiger partial charge is 0.382 e. The van der Waals surface area contributed by atoms with E-state index in [2.05, 4.69) is 4.98 Å². The maximum absolute atomic E-state index is 13.4. The molecule has 0 radical (unpaired) electrons. The fraction of sp³-hybridized carbons (Fsp3) is 0.0909. The molecule has 0 aliphatic carbocycles. The molecule has 0 spiro atoms. The van der Waals surface area contributed by atoms with Gasteiger partial charge in [0.2, 0.25) is 0 Å². The quantitative estimate of drug-likeness (QED) is 0.549. The normalized spacial score (nSPS) is 10.5. The van der Waals surface area contributed by atoms with Gasteiger partial charge in [0, 0.05) is 5.39 Å². The SMILES string of the molecule is Cc1cc(C(=N)N)nc2c(F)cccc12.